The molecule has 2 unspecified atom stereocenters. The second-order valence-electron chi connectivity index (χ2n) is 3.35. The molecule has 3 nitrogen and oxygen atoms in total. The molecule has 15 heavy (non-hydrogen) atoms. The van der Waals surface area contributed by atoms with Crippen molar-refractivity contribution in [3.63, 3.8) is 0 Å². The number of hydrogen-bond donors (Lipinski definition) is 2. The number of halogens is 1. The fraction of sp³-hybridized carbons (Fsp3) is 0.400. The molecule has 0 spiro atoms. The lowest BCUT2D eigenvalue weighted by Gasteiger charge is -2.12. The molecular formula is C10H14ClNO2P+. The van der Waals surface area contributed by atoms with Gasteiger partial charge in [-0.2, -0.15) is 4.89 Å². The summed E-state index contributed by atoms with van der Waals surface area (Å²) >= 11 is 5.77. The molecule has 0 fully saturated rings. The molecule has 82 valence electrons. The van der Waals surface area contributed by atoms with Crippen LogP contribution in [0.1, 0.15) is 17.9 Å². The van der Waals surface area contributed by atoms with E-state index in [0.717, 1.165) is 5.56 Å². The first-order valence-electron chi connectivity index (χ1n) is 4.72. The van der Waals surface area contributed by atoms with E-state index in [1.165, 1.54) is 0 Å². The van der Waals surface area contributed by atoms with Crippen molar-refractivity contribution < 1.29 is 9.46 Å². The minimum absolute atomic E-state index is 0.133. The molecule has 1 aromatic carbocycles. The van der Waals surface area contributed by atoms with E-state index < -0.39 is 8.03 Å². The Hall–Kier alpha value is -0.470. The molecule has 0 aliphatic rings. The van der Waals surface area contributed by atoms with Crippen LogP contribution in [0.5, 0.6) is 0 Å². The second kappa shape index (κ2) is 6.19. The molecular weight excluding hydrogens is 233 g/mol. The van der Waals surface area contributed by atoms with Gasteiger partial charge in [-0.15, -0.1) is 0 Å². The molecule has 3 N–H and O–H groups in total. The maximum atomic E-state index is 10.6. The van der Waals surface area contributed by atoms with Crippen LogP contribution in [0.4, 0.5) is 0 Å². The summed E-state index contributed by atoms with van der Waals surface area (Å²) < 4.78 is 10.6. The van der Waals surface area contributed by atoms with Gasteiger partial charge in [0.1, 0.15) is 0 Å². The molecule has 2 atom stereocenters. The summed E-state index contributed by atoms with van der Waals surface area (Å²) in [5.74, 6) is 0.133. The van der Waals surface area contributed by atoms with E-state index in [9.17, 15) is 4.57 Å². The highest BCUT2D eigenvalue weighted by Gasteiger charge is 2.16. The molecule has 0 aromatic heterocycles. The average molecular weight is 247 g/mol. The van der Waals surface area contributed by atoms with Gasteiger partial charge < -0.3 is 5.73 Å². The Morgan fingerprint density at radius 2 is 2.00 bits per heavy atom. The van der Waals surface area contributed by atoms with Crippen molar-refractivity contribution in [3.05, 3.63) is 34.9 Å². The Morgan fingerprint density at radius 3 is 2.47 bits per heavy atom. The zero-order valence-electron chi connectivity index (χ0n) is 8.27. The van der Waals surface area contributed by atoms with E-state index in [1.54, 1.807) is 12.1 Å². The third-order valence-electron chi connectivity index (χ3n) is 2.29. The second-order valence-corrected chi connectivity index (χ2v) is 4.94. The quantitative estimate of drug-likeness (QED) is 0.785. The molecule has 0 aliphatic heterocycles. The Morgan fingerprint density at radius 1 is 1.40 bits per heavy atom. The van der Waals surface area contributed by atoms with Crippen LogP contribution < -0.4 is 5.73 Å². The topological polar surface area (TPSA) is 63.3 Å². The summed E-state index contributed by atoms with van der Waals surface area (Å²) in [6.07, 6.45) is 0.920. The molecule has 0 aliphatic carbocycles. The van der Waals surface area contributed by atoms with E-state index in [-0.39, 0.29) is 5.92 Å². The maximum Gasteiger partial charge on any atom is 0.505 e. The smallest absolute Gasteiger partial charge is 0.330 e. The minimum atomic E-state index is -2.07. The average Bonchev–Trinajstić information content (AvgIpc) is 2.21. The molecule has 0 saturated heterocycles. The van der Waals surface area contributed by atoms with Gasteiger partial charge in [0.2, 0.25) is 0 Å². The van der Waals surface area contributed by atoms with Gasteiger partial charge in [-0.25, -0.2) is 0 Å². The van der Waals surface area contributed by atoms with Gasteiger partial charge in [0, 0.05) is 17.4 Å². The lowest BCUT2D eigenvalue weighted by molar-refractivity contribution is 0.497. The number of benzene rings is 1. The first-order chi connectivity index (χ1) is 7.13. The number of rotatable bonds is 5. The Labute approximate surface area is 95.1 Å². The number of hydrogen-bond acceptors (Lipinski definition) is 2. The third-order valence-corrected chi connectivity index (χ3v) is 3.19. The molecule has 0 radical (unpaired) electrons. The van der Waals surface area contributed by atoms with E-state index >= 15 is 0 Å². The van der Waals surface area contributed by atoms with Crippen molar-refractivity contribution in [2.45, 2.75) is 12.3 Å². The first kappa shape index (κ1) is 12.6. The predicted molar refractivity (Wildman–Crippen MR) is 62.6 cm³/mol. The summed E-state index contributed by atoms with van der Waals surface area (Å²) in [7, 11) is -2.07. The van der Waals surface area contributed by atoms with Crippen molar-refractivity contribution in [2.24, 2.45) is 5.73 Å². The normalized spacial score (nSPS) is 13.7. The van der Waals surface area contributed by atoms with Gasteiger partial charge >= 0.3 is 8.03 Å². The predicted octanol–water partition coefficient (Wildman–Crippen LogP) is 2.51. The Balaban J connectivity index is 2.65. The van der Waals surface area contributed by atoms with E-state index in [1.807, 2.05) is 12.1 Å². The van der Waals surface area contributed by atoms with Gasteiger partial charge in [0.05, 0.1) is 0 Å². The lowest BCUT2D eigenvalue weighted by Crippen LogP contribution is -2.13. The van der Waals surface area contributed by atoms with Crippen LogP contribution in [-0.2, 0) is 4.57 Å². The van der Waals surface area contributed by atoms with E-state index in [4.69, 9.17) is 22.2 Å². The van der Waals surface area contributed by atoms with Crippen molar-refractivity contribution >= 4 is 19.6 Å². The highest BCUT2D eigenvalue weighted by atomic mass is 35.5. The van der Waals surface area contributed by atoms with Gasteiger partial charge in [-0.1, -0.05) is 23.7 Å². The number of nitrogens with two attached hydrogens (primary N) is 1. The summed E-state index contributed by atoms with van der Waals surface area (Å²) in [4.78, 5) is 8.74. The highest BCUT2D eigenvalue weighted by molar-refractivity contribution is 7.37. The molecule has 0 bridgehead atoms. The fourth-order valence-electron chi connectivity index (χ4n) is 1.42. The molecule has 0 saturated carbocycles. The van der Waals surface area contributed by atoms with Crippen LogP contribution in [0.3, 0.4) is 0 Å². The van der Waals surface area contributed by atoms with E-state index in [0.29, 0.717) is 24.2 Å². The highest BCUT2D eigenvalue weighted by Crippen LogP contribution is 2.25. The van der Waals surface area contributed by atoms with Crippen LogP contribution in [0, 0.1) is 0 Å². The Bertz CT molecular complexity index is 329. The monoisotopic (exact) mass is 246 g/mol. The standard InChI is InChI=1S/C10H13ClNO2P/c11-10-3-1-8(2-4-10)9(7-12)5-6-15(13)14/h1-4,9H,5-7,12H2/p+1. The Kier molecular flexibility index (Phi) is 5.20. The van der Waals surface area contributed by atoms with Crippen molar-refractivity contribution in [2.75, 3.05) is 12.7 Å². The van der Waals surface area contributed by atoms with E-state index in [2.05, 4.69) is 0 Å². The van der Waals surface area contributed by atoms with Crippen LogP contribution in [-0.4, -0.2) is 17.6 Å². The van der Waals surface area contributed by atoms with Crippen LogP contribution in [0.2, 0.25) is 5.02 Å². The SMILES string of the molecule is NCC(CC[P+](=O)O)c1ccc(Cl)cc1. The summed E-state index contributed by atoms with van der Waals surface area (Å²) in [6, 6.07) is 7.42. The van der Waals surface area contributed by atoms with Crippen LogP contribution >= 0.6 is 19.6 Å². The van der Waals surface area contributed by atoms with Gasteiger partial charge in [0.25, 0.3) is 0 Å². The van der Waals surface area contributed by atoms with Crippen LogP contribution in [0.15, 0.2) is 24.3 Å². The molecule has 1 rings (SSSR count). The summed E-state index contributed by atoms with van der Waals surface area (Å²) in [6.45, 7) is 0.477. The minimum Gasteiger partial charge on any atom is -0.330 e. The summed E-state index contributed by atoms with van der Waals surface area (Å²) in [5, 5.41) is 0.683. The zero-order chi connectivity index (χ0) is 11.3. The molecule has 0 amide bonds. The van der Waals surface area contributed by atoms with Gasteiger partial charge in [-0.3, -0.25) is 0 Å². The van der Waals surface area contributed by atoms with Crippen LogP contribution in [0.25, 0.3) is 0 Å². The lowest BCUT2D eigenvalue weighted by atomic mass is 9.97. The maximum absolute atomic E-state index is 10.6. The molecule has 0 heterocycles. The van der Waals surface area contributed by atoms with Gasteiger partial charge in [0.15, 0.2) is 6.16 Å². The van der Waals surface area contributed by atoms with Crippen molar-refractivity contribution in [1.82, 2.24) is 0 Å². The summed E-state index contributed by atoms with van der Waals surface area (Å²) in [5.41, 5.74) is 6.69. The molecule has 5 heteroatoms. The van der Waals surface area contributed by atoms with Crippen molar-refractivity contribution in [1.29, 1.82) is 0 Å². The third kappa shape index (κ3) is 4.27. The largest absolute Gasteiger partial charge is 0.505 e. The fourth-order valence-corrected chi connectivity index (χ4v) is 2.08. The molecule has 1 aromatic rings. The van der Waals surface area contributed by atoms with Crippen molar-refractivity contribution in [3.8, 4) is 0 Å². The zero-order valence-corrected chi connectivity index (χ0v) is 9.92. The first-order valence-corrected chi connectivity index (χ1v) is 6.50. The van der Waals surface area contributed by atoms with Gasteiger partial charge in [-0.05, 0) is 28.8 Å².